The Balaban J connectivity index is 1.21. The number of nitrogens with zero attached hydrogens (tertiary/aromatic N) is 4. The maximum absolute atomic E-state index is 15.0. The predicted molar refractivity (Wildman–Crippen MR) is 252 cm³/mol. The van der Waals surface area contributed by atoms with Crippen LogP contribution in [0.3, 0.4) is 0 Å². The second kappa shape index (κ2) is 20.9. The first-order valence-corrected chi connectivity index (χ1v) is 23.9. The molecule has 9 rings (SSSR count). The maximum atomic E-state index is 15.0. The molecule has 0 radical (unpaired) electrons. The quantitative estimate of drug-likeness (QED) is 0.0331. The van der Waals surface area contributed by atoms with Gasteiger partial charge in [-0.05, 0) is 129 Å². The van der Waals surface area contributed by atoms with Crippen LogP contribution in [-0.2, 0) is 34.1 Å². The van der Waals surface area contributed by atoms with Gasteiger partial charge < -0.3 is 43.6 Å². The summed E-state index contributed by atoms with van der Waals surface area (Å²) in [7, 11) is 0. The van der Waals surface area contributed by atoms with Crippen molar-refractivity contribution in [1.82, 2.24) is 9.88 Å². The van der Waals surface area contributed by atoms with Gasteiger partial charge in [0.2, 0.25) is 18.5 Å². The number of nitro groups is 1. The van der Waals surface area contributed by atoms with Gasteiger partial charge in [-0.15, -0.1) is 6.58 Å². The SMILES string of the molecule is C=CCOC12Oc3ccc(OCc4cccc(C)n4)cc3C3C(CCCCO)C(CCCCO)C=C(C(=NOCc4ccc([N+](=O)[O-])cc4)CC1N(Cc1ccc4c(c1)OCO4)C(=O)C1CC1)C32. The van der Waals surface area contributed by atoms with E-state index in [-0.39, 0.29) is 88.1 Å². The van der Waals surface area contributed by atoms with Crippen LogP contribution in [0.25, 0.3) is 0 Å². The number of benzene rings is 3. The Labute approximate surface area is 396 Å². The van der Waals surface area contributed by atoms with E-state index in [9.17, 15) is 20.3 Å². The Bertz CT molecular complexity index is 2530. The minimum Gasteiger partial charge on any atom is -0.487 e. The summed E-state index contributed by atoms with van der Waals surface area (Å²) in [6.45, 7) is 6.95. The highest BCUT2D eigenvalue weighted by Crippen LogP contribution is 2.62. The van der Waals surface area contributed by atoms with Crippen LogP contribution in [0.5, 0.6) is 23.0 Å². The zero-order valence-corrected chi connectivity index (χ0v) is 38.5. The third-order valence-corrected chi connectivity index (χ3v) is 13.9. The number of hydrogen-bond donors (Lipinski definition) is 2. The van der Waals surface area contributed by atoms with Gasteiger partial charge in [-0.25, -0.2) is 0 Å². The summed E-state index contributed by atoms with van der Waals surface area (Å²) in [5.41, 5.74) is 5.72. The number of ether oxygens (including phenoxy) is 5. The largest absolute Gasteiger partial charge is 0.487 e. The van der Waals surface area contributed by atoms with E-state index in [1.165, 1.54) is 12.1 Å². The van der Waals surface area contributed by atoms with E-state index in [1.54, 1.807) is 18.2 Å². The first kappa shape index (κ1) is 46.8. The van der Waals surface area contributed by atoms with E-state index in [4.69, 9.17) is 33.7 Å². The lowest BCUT2D eigenvalue weighted by Gasteiger charge is -2.60. The topological polar surface area (TPSA) is 185 Å². The molecule has 3 heterocycles. The third kappa shape index (κ3) is 9.97. The number of unbranched alkanes of at least 4 members (excludes halogenated alkanes) is 2. The highest BCUT2D eigenvalue weighted by atomic mass is 16.7. The first-order valence-electron chi connectivity index (χ1n) is 23.9. The molecule has 5 aliphatic rings. The average Bonchev–Trinajstić information content (AvgIpc) is 4.10. The van der Waals surface area contributed by atoms with Gasteiger partial charge >= 0.3 is 0 Å². The van der Waals surface area contributed by atoms with E-state index in [2.05, 4.69) is 23.7 Å². The van der Waals surface area contributed by atoms with Crippen molar-refractivity contribution in [1.29, 1.82) is 0 Å². The van der Waals surface area contributed by atoms with Crippen LogP contribution in [-0.4, -0.2) is 75.1 Å². The zero-order valence-electron chi connectivity index (χ0n) is 38.5. The number of allylic oxidation sites excluding steroid dienone is 1. The van der Waals surface area contributed by atoms with Crippen molar-refractivity contribution < 1.29 is 48.5 Å². The number of oxime groups is 1. The number of rotatable bonds is 22. The molecule has 358 valence electrons. The molecule has 6 unspecified atom stereocenters. The van der Waals surface area contributed by atoms with Crippen molar-refractivity contribution >= 4 is 17.3 Å². The lowest BCUT2D eigenvalue weighted by Crippen LogP contribution is -2.70. The molecular weight excluding hydrogens is 869 g/mol. The molecular formula is C53H60N4O11. The minimum atomic E-state index is -1.45. The molecule has 2 N–H and O–H groups in total. The number of fused-ring (bicyclic) bond motifs is 3. The average molecular weight is 929 g/mol. The molecule has 0 spiro atoms. The number of aliphatic hydroxyl groups is 2. The molecule has 15 heteroatoms. The van der Waals surface area contributed by atoms with Gasteiger partial charge in [0.15, 0.2) is 11.5 Å². The van der Waals surface area contributed by atoms with Crippen LogP contribution in [0.2, 0.25) is 0 Å². The molecule has 1 amide bonds. The molecule has 68 heavy (non-hydrogen) atoms. The second-order valence-corrected chi connectivity index (χ2v) is 18.5. The van der Waals surface area contributed by atoms with Gasteiger partial charge in [-0.2, -0.15) is 0 Å². The molecule has 2 fully saturated rings. The summed E-state index contributed by atoms with van der Waals surface area (Å²) < 4.78 is 32.6. The van der Waals surface area contributed by atoms with Gasteiger partial charge in [-0.1, -0.05) is 42.3 Å². The van der Waals surface area contributed by atoms with Crippen LogP contribution in [0.15, 0.2) is 108 Å². The molecule has 1 aromatic heterocycles. The van der Waals surface area contributed by atoms with Gasteiger partial charge in [0.1, 0.15) is 30.8 Å². The Morgan fingerprint density at radius 3 is 2.47 bits per heavy atom. The smallest absolute Gasteiger partial charge is 0.269 e. The standard InChI is InChI=1S/C53H60N4O11/c1-3-25-66-53-49(56(52(60)37-16-17-37)30-36-15-21-47-48(26-36)65-33-64-47)29-45(55-67-31-35-13-18-40(19-14-35)57(61)62)43-27-38(10-4-6-23-58)42(12-5-7-24-59)50(51(43)53)44-28-41(20-22-46(44)68-53)63-32-39-11-8-9-34(2)54-39/h3,8-9,11,13-15,18-22,26-28,37-38,42,49-51,58-59H,1,4-7,10,12,16-17,23-25,29-33H2,2H3. The van der Waals surface area contributed by atoms with Crippen molar-refractivity contribution in [2.45, 2.75) is 102 Å². The molecule has 15 nitrogen and oxygen atoms in total. The Hall–Kier alpha value is -6.29. The molecule has 0 bridgehead atoms. The number of aromatic nitrogens is 1. The number of pyridine rings is 1. The molecule has 6 atom stereocenters. The summed E-state index contributed by atoms with van der Waals surface area (Å²) in [5, 5.41) is 36.4. The van der Waals surface area contributed by atoms with Crippen molar-refractivity contribution in [3.63, 3.8) is 0 Å². The normalized spacial score (nSPS) is 23.7. The minimum absolute atomic E-state index is 0.00976. The number of amides is 1. The van der Waals surface area contributed by atoms with Crippen molar-refractivity contribution in [2.75, 3.05) is 26.6 Å². The van der Waals surface area contributed by atoms with Crippen LogP contribution in [0.1, 0.15) is 91.8 Å². The van der Waals surface area contributed by atoms with Crippen LogP contribution in [0.4, 0.5) is 5.69 Å². The van der Waals surface area contributed by atoms with Crippen molar-refractivity contribution in [3.05, 3.63) is 141 Å². The summed E-state index contributed by atoms with van der Waals surface area (Å²) >= 11 is 0. The first-order chi connectivity index (χ1) is 33.2. The summed E-state index contributed by atoms with van der Waals surface area (Å²) in [6.07, 6.45) is 10.2. The van der Waals surface area contributed by atoms with Gasteiger partial charge in [-0.3, -0.25) is 19.9 Å². The fourth-order valence-electron chi connectivity index (χ4n) is 10.6. The number of non-ortho nitro benzene ring substituents is 1. The lowest BCUT2D eigenvalue weighted by atomic mass is 9.55. The molecule has 2 saturated carbocycles. The molecule has 0 saturated heterocycles. The second-order valence-electron chi connectivity index (χ2n) is 18.5. The summed E-state index contributed by atoms with van der Waals surface area (Å²) in [5.74, 6) is 0.158. The number of aliphatic hydroxyl groups excluding tert-OH is 2. The van der Waals surface area contributed by atoms with E-state index < -0.39 is 22.7 Å². The van der Waals surface area contributed by atoms with Crippen LogP contribution in [0, 0.1) is 40.7 Å². The number of hydrogen-bond acceptors (Lipinski definition) is 13. The van der Waals surface area contributed by atoms with E-state index in [1.807, 2.05) is 60.4 Å². The number of carbonyl (C=O) groups excluding carboxylic acids is 1. The lowest BCUT2D eigenvalue weighted by molar-refractivity contribution is -0.384. The number of aryl methyl sites for hydroxylation is 1. The fraction of sp³-hybridized carbons (Fsp3) is 0.453. The number of nitro benzene ring substituents is 1. The van der Waals surface area contributed by atoms with Gasteiger partial charge in [0.25, 0.3) is 5.69 Å². The predicted octanol–water partition coefficient (Wildman–Crippen LogP) is 8.88. The molecule has 2 aliphatic heterocycles. The van der Waals surface area contributed by atoms with E-state index in [0.717, 1.165) is 66.6 Å². The molecule has 3 aromatic carbocycles. The number of carbonyl (C=O) groups is 1. The van der Waals surface area contributed by atoms with E-state index in [0.29, 0.717) is 47.1 Å². The highest BCUT2D eigenvalue weighted by molar-refractivity contribution is 6.03. The van der Waals surface area contributed by atoms with Gasteiger partial charge in [0.05, 0.1) is 28.9 Å². The summed E-state index contributed by atoms with van der Waals surface area (Å²) in [6, 6.07) is 23.0. The monoisotopic (exact) mass is 928 g/mol. The molecule has 3 aliphatic carbocycles. The highest BCUT2D eigenvalue weighted by Gasteiger charge is 2.66. The summed E-state index contributed by atoms with van der Waals surface area (Å²) in [4.78, 5) is 38.9. The Kier molecular flexibility index (Phi) is 14.4. The van der Waals surface area contributed by atoms with Gasteiger partial charge in [0, 0.05) is 61.4 Å². The maximum Gasteiger partial charge on any atom is 0.269 e. The zero-order chi connectivity index (χ0) is 47.2. The molecule has 4 aromatic rings. The third-order valence-electron chi connectivity index (χ3n) is 13.9. The van der Waals surface area contributed by atoms with Crippen molar-refractivity contribution in [3.8, 4) is 23.0 Å². The Morgan fingerprint density at radius 1 is 0.956 bits per heavy atom. The van der Waals surface area contributed by atoms with E-state index >= 15 is 4.79 Å². The fourth-order valence-corrected chi connectivity index (χ4v) is 10.6. The Morgan fingerprint density at radius 2 is 1.72 bits per heavy atom. The van der Waals surface area contributed by atoms with Crippen molar-refractivity contribution in [2.24, 2.45) is 28.8 Å². The van der Waals surface area contributed by atoms with Crippen LogP contribution < -0.4 is 18.9 Å². The van der Waals surface area contributed by atoms with Crippen LogP contribution >= 0.6 is 0 Å².